The average molecular weight is 269 g/mol. The Bertz CT molecular complexity index is 385. The number of aliphatic hydroxyl groups is 1. The van der Waals surface area contributed by atoms with Gasteiger partial charge >= 0.3 is 6.01 Å². The third-order valence-electron chi connectivity index (χ3n) is 2.70. The van der Waals surface area contributed by atoms with Gasteiger partial charge in [0.05, 0.1) is 18.2 Å². The molecule has 7 nitrogen and oxygen atoms in total. The first-order valence-electron chi connectivity index (χ1n) is 6.48. The molecule has 1 unspecified atom stereocenters. The monoisotopic (exact) mass is 269 g/mol. The third-order valence-corrected chi connectivity index (χ3v) is 2.70. The summed E-state index contributed by atoms with van der Waals surface area (Å²) in [5.74, 6) is 0.824. The number of aromatic nitrogens is 3. The Morgan fingerprint density at radius 2 is 1.84 bits per heavy atom. The highest BCUT2D eigenvalue weighted by Gasteiger charge is 2.25. The first-order chi connectivity index (χ1) is 8.89. The van der Waals surface area contributed by atoms with E-state index in [1.165, 1.54) is 0 Å². The molecule has 0 amide bonds. The molecule has 1 rings (SSSR count). The maximum absolute atomic E-state index is 9.71. The lowest BCUT2D eigenvalue weighted by molar-refractivity contribution is 0.132. The van der Waals surface area contributed by atoms with Gasteiger partial charge in [0, 0.05) is 6.54 Å². The quantitative estimate of drug-likeness (QED) is 0.686. The van der Waals surface area contributed by atoms with Crippen molar-refractivity contribution >= 4 is 11.9 Å². The fourth-order valence-electron chi connectivity index (χ4n) is 1.24. The highest BCUT2D eigenvalue weighted by Crippen LogP contribution is 2.18. The molecule has 1 atom stereocenters. The van der Waals surface area contributed by atoms with E-state index in [0.717, 1.165) is 0 Å². The molecule has 0 saturated heterocycles. The molecule has 0 aliphatic rings. The van der Waals surface area contributed by atoms with E-state index in [9.17, 15) is 5.11 Å². The van der Waals surface area contributed by atoms with Gasteiger partial charge in [-0.05, 0) is 34.6 Å². The molecule has 7 heteroatoms. The van der Waals surface area contributed by atoms with Crippen LogP contribution in [-0.4, -0.2) is 44.9 Å². The zero-order chi connectivity index (χ0) is 14.5. The number of ether oxygens (including phenoxy) is 1. The van der Waals surface area contributed by atoms with E-state index in [1.54, 1.807) is 6.92 Å². The summed E-state index contributed by atoms with van der Waals surface area (Å²) in [7, 11) is 0. The van der Waals surface area contributed by atoms with E-state index in [-0.39, 0.29) is 6.01 Å². The van der Waals surface area contributed by atoms with Crippen LogP contribution in [0.1, 0.15) is 34.6 Å². The number of hydrogen-bond acceptors (Lipinski definition) is 7. The van der Waals surface area contributed by atoms with Crippen LogP contribution in [0.2, 0.25) is 0 Å². The van der Waals surface area contributed by atoms with Crippen LogP contribution in [0.5, 0.6) is 6.01 Å². The van der Waals surface area contributed by atoms with Crippen molar-refractivity contribution < 1.29 is 9.84 Å². The lowest BCUT2D eigenvalue weighted by atomic mass is 9.99. The third kappa shape index (κ3) is 4.51. The standard InChI is InChI=1S/C12H23N5O2/c1-6-13-9-14-10(16-11(15-9)19-7-2)17-12(4,5)8(3)18/h8,18H,6-7H2,1-5H3,(H2,13,14,15,16,17). The van der Waals surface area contributed by atoms with E-state index in [0.29, 0.717) is 25.0 Å². The zero-order valence-corrected chi connectivity index (χ0v) is 12.2. The van der Waals surface area contributed by atoms with E-state index in [1.807, 2.05) is 27.7 Å². The molecular formula is C12H23N5O2. The molecule has 0 bridgehead atoms. The second-order valence-corrected chi connectivity index (χ2v) is 4.75. The fraction of sp³-hybridized carbons (Fsp3) is 0.750. The van der Waals surface area contributed by atoms with Crippen LogP contribution >= 0.6 is 0 Å². The Hall–Kier alpha value is -1.63. The maximum Gasteiger partial charge on any atom is 0.323 e. The summed E-state index contributed by atoms with van der Waals surface area (Å²) in [5.41, 5.74) is -0.547. The van der Waals surface area contributed by atoms with Crippen LogP contribution in [0, 0.1) is 0 Å². The predicted octanol–water partition coefficient (Wildman–Crippen LogP) is 1.27. The number of aliphatic hydroxyl groups excluding tert-OH is 1. The van der Waals surface area contributed by atoms with E-state index in [4.69, 9.17) is 4.74 Å². The summed E-state index contributed by atoms with van der Waals surface area (Å²) in [6, 6.07) is 0.261. The van der Waals surface area contributed by atoms with Gasteiger partial charge in [-0.25, -0.2) is 0 Å². The van der Waals surface area contributed by atoms with Gasteiger partial charge in [-0.1, -0.05) is 0 Å². The summed E-state index contributed by atoms with van der Waals surface area (Å²) in [4.78, 5) is 12.5. The smallest absolute Gasteiger partial charge is 0.323 e. The normalized spacial score (nSPS) is 12.9. The molecule has 0 fully saturated rings. The Morgan fingerprint density at radius 3 is 2.37 bits per heavy atom. The van der Waals surface area contributed by atoms with Crippen LogP contribution in [0.4, 0.5) is 11.9 Å². The minimum atomic E-state index is -0.553. The molecule has 0 aliphatic carbocycles. The lowest BCUT2D eigenvalue weighted by Crippen LogP contribution is -2.42. The van der Waals surface area contributed by atoms with Crippen LogP contribution in [0.3, 0.4) is 0 Å². The lowest BCUT2D eigenvalue weighted by Gasteiger charge is -2.29. The Kier molecular flexibility index (Phi) is 5.29. The first-order valence-corrected chi connectivity index (χ1v) is 6.48. The highest BCUT2D eigenvalue weighted by atomic mass is 16.5. The SMILES string of the molecule is CCNc1nc(NC(C)(C)C(C)O)nc(OCC)n1. The Labute approximate surface area is 113 Å². The maximum atomic E-state index is 9.71. The van der Waals surface area contributed by atoms with Crippen molar-refractivity contribution in [2.45, 2.75) is 46.3 Å². The second-order valence-electron chi connectivity index (χ2n) is 4.75. The van der Waals surface area contributed by atoms with Crippen molar-refractivity contribution in [3.63, 3.8) is 0 Å². The van der Waals surface area contributed by atoms with Crippen molar-refractivity contribution in [1.29, 1.82) is 0 Å². The fourth-order valence-corrected chi connectivity index (χ4v) is 1.24. The van der Waals surface area contributed by atoms with Crippen LogP contribution < -0.4 is 15.4 Å². The molecule has 0 radical (unpaired) electrons. The molecule has 1 aromatic rings. The van der Waals surface area contributed by atoms with Crippen molar-refractivity contribution in [1.82, 2.24) is 15.0 Å². The molecule has 0 saturated carbocycles. The van der Waals surface area contributed by atoms with Crippen molar-refractivity contribution in [2.24, 2.45) is 0 Å². The zero-order valence-electron chi connectivity index (χ0n) is 12.2. The number of rotatable bonds is 7. The molecule has 1 heterocycles. The Balaban J connectivity index is 2.98. The average Bonchev–Trinajstić information content (AvgIpc) is 2.28. The van der Waals surface area contributed by atoms with Crippen LogP contribution in [0.15, 0.2) is 0 Å². The van der Waals surface area contributed by atoms with E-state index >= 15 is 0 Å². The summed E-state index contributed by atoms with van der Waals surface area (Å²) < 4.78 is 5.30. The van der Waals surface area contributed by atoms with Gasteiger partial charge in [0.25, 0.3) is 0 Å². The van der Waals surface area contributed by atoms with E-state index < -0.39 is 11.6 Å². The van der Waals surface area contributed by atoms with Gasteiger partial charge in [-0.15, -0.1) is 0 Å². The van der Waals surface area contributed by atoms with Gasteiger partial charge in [-0.3, -0.25) is 0 Å². The minimum Gasteiger partial charge on any atom is -0.464 e. The Morgan fingerprint density at radius 1 is 1.21 bits per heavy atom. The van der Waals surface area contributed by atoms with Gasteiger partial charge in [0.2, 0.25) is 11.9 Å². The minimum absolute atomic E-state index is 0.261. The number of anilines is 2. The van der Waals surface area contributed by atoms with Crippen LogP contribution in [-0.2, 0) is 0 Å². The van der Waals surface area contributed by atoms with Gasteiger partial charge < -0.3 is 20.5 Å². The van der Waals surface area contributed by atoms with Crippen LogP contribution in [0.25, 0.3) is 0 Å². The summed E-state index contributed by atoms with van der Waals surface area (Å²) in [5, 5.41) is 15.8. The first kappa shape index (κ1) is 15.4. The molecule has 108 valence electrons. The largest absolute Gasteiger partial charge is 0.464 e. The molecule has 1 aromatic heterocycles. The second kappa shape index (κ2) is 6.51. The van der Waals surface area contributed by atoms with Gasteiger partial charge in [0.15, 0.2) is 0 Å². The van der Waals surface area contributed by atoms with Gasteiger partial charge in [0.1, 0.15) is 0 Å². The predicted molar refractivity (Wildman–Crippen MR) is 74.5 cm³/mol. The highest BCUT2D eigenvalue weighted by molar-refractivity contribution is 5.37. The summed E-state index contributed by atoms with van der Waals surface area (Å²) in [6.45, 7) is 10.5. The molecule has 0 aromatic carbocycles. The van der Waals surface area contributed by atoms with Crippen molar-refractivity contribution in [3.8, 4) is 6.01 Å². The van der Waals surface area contributed by atoms with E-state index in [2.05, 4.69) is 25.6 Å². The summed E-state index contributed by atoms with van der Waals surface area (Å²) >= 11 is 0. The molecule has 3 N–H and O–H groups in total. The molecular weight excluding hydrogens is 246 g/mol. The molecule has 19 heavy (non-hydrogen) atoms. The molecule has 0 aliphatic heterocycles. The van der Waals surface area contributed by atoms with Gasteiger partial charge in [-0.2, -0.15) is 15.0 Å². The topological polar surface area (TPSA) is 92.2 Å². The summed E-state index contributed by atoms with van der Waals surface area (Å²) in [6.07, 6.45) is -0.553. The number of nitrogens with one attached hydrogen (secondary N) is 2. The number of hydrogen-bond donors (Lipinski definition) is 3. The number of nitrogens with zero attached hydrogens (tertiary/aromatic N) is 3. The molecule has 0 spiro atoms. The van der Waals surface area contributed by atoms with Crippen molar-refractivity contribution in [3.05, 3.63) is 0 Å². The van der Waals surface area contributed by atoms with Crippen molar-refractivity contribution in [2.75, 3.05) is 23.8 Å².